The van der Waals surface area contributed by atoms with Gasteiger partial charge in [0.1, 0.15) is 21.9 Å². The molecule has 0 aliphatic carbocycles. The zero-order chi connectivity index (χ0) is 25.7. The first-order chi connectivity index (χ1) is 17.3. The molecular weight excluding hydrogens is 498 g/mol. The molecule has 1 heterocycles. The van der Waals surface area contributed by atoms with E-state index >= 15 is 0 Å². The molecule has 0 spiro atoms. The number of benzene rings is 3. The first-order valence-corrected chi connectivity index (χ1v) is 12.1. The van der Waals surface area contributed by atoms with Crippen LogP contribution in [0.25, 0.3) is 6.08 Å². The largest absolute Gasteiger partial charge is 0.508 e. The van der Waals surface area contributed by atoms with Crippen LogP contribution in [-0.4, -0.2) is 49.7 Å². The lowest BCUT2D eigenvalue weighted by Crippen LogP contribution is -2.45. The summed E-state index contributed by atoms with van der Waals surface area (Å²) in [6.07, 6.45) is 1.68. The third-order valence-electron chi connectivity index (χ3n) is 5.43. The molecule has 0 saturated carbocycles. The molecule has 36 heavy (non-hydrogen) atoms. The van der Waals surface area contributed by atoms with Crippen molar-refractivity contribution >= 4 is 52.0 Å². The highest BCUT2D eigenvalue weighted by Gasteiger charge is 2.40. The van der Waals surface area contributed by atoms with E-state index in [0.717, 1.165) is 16.7 Å². The Morgan fingerprint density at radius 2 is 1.67 bits per heavy atom. The summed E-state index contributed by atoms with van der Waals surface area (Å²) in [7, 11) is 0. The number of aliphatic carboxylic acids is 1. The standard InChI is InChI=1S/C27H21NO6S2/c29-20-10-6-17(7-11-20)14-22(26(32)33)28-25(31)24(36-27(28)35)15-18-8-12-21(13-9-18)34-16-23(30)19-4-2-1-3-5-19/h1-13,15,22,29H,14,16H2,(H,32,33)/b24-15-/t22-/m0/s1. The molecule has 1 aliphatic rings. The van der Waals surface area contributed by atoms with E-state index in [1.807, 2.05) is 6.07 Å². The minimum absolute atomic E-state index is 0.0447. The molecule has 3 aromatic carbocycles. The van der Waals surface area contributed by atoms with Gasteiger partial charge >= 0.3 is 5.97 Å². The zero-order valence-electron chi connectivity index (χ0n) is 18.9. The van der Waals surface area contributed by atoms with Gasteiger partial charge in [0, 0.05) is 12.0 Å². The predicted molar refractivity (Wildman–Crippen MR) is 141 cm³/mol. The molecule has 1 saturated heterocycles. The normalized spacial score (nSPS) is 15.2. The van der Waals surface area contributed by atoms with Crippen molar-refractivity contribution in [2.75, 3.05) is 6.61 Å². The number of Topliss-reactive ketones (excluding diaryl/α,β-unsaturated/α-hetero) is 1. The number of nitrogens with zero attached hydrogens (tertiary/aromatic N) is 1. The summed E-state index contributed by atoms with van der Waals surface area (Å²) in [5.41, 5.74) is 1.92. The maximum Gasteiger partial charge on any atom is 0.327 e. The number of aromatic hydroxyl groups is 1. The van der Waals surface area contributed by atoms with E-state index in [1.54, 1.807) is 66.7 Å². The lowest BCUT2D eigenvalue weighted by atomic mass is 10.0. The fourth-order valence-corrected chi connectivity index (χ4v) is 4.92. The lowest BCUT2D eigenvalue weighted by Gasteiger charge is -2.23. The summed E-state index contributed by atoms with van der Waals surface area (Å²) in [6, 6.07) is 20.7. The van der Waals surface area contributed by atoms with Crippen LogP contribution >= 0.6 is 24.0 Å². The van der Waals surface area contributed by atoms with Crippen LogP contribution in [-0.2, 0) is 16.0 Å². The van der Waals surface area contributed by atoms with Gasteiger partial charge in [0.05, 0.1) is 4.91 Å². The molecule has 1 aliphatic heterocycles. The van der Waals surface area contributed by atoms with E-state index in [9.17, 15) is 24.6 Å². The molecule has 0 unspecified atom stereocenters. The van der Waals surface area contributed by atoms with Crippen LogP contribution in [0.5, 0.6) is 11.5 Å². The summed E-state index contributed by atoms with van der Waals surface area (Å²) in [6.45, 7) is -0.0976. The van der Waals surface area contributed by atoms with E-state index in [1.165, 1.54) is 12.1 Å². The van der Waals surface area contributed by atoms with E-state index in [-0.39, 0.29) is 28.9 Å². The molecule has 1 atom stereocenters. The second-order valence-corrected chi connectivity index (χ2v) is 9.60. The average Bonchev–Trinajstić information content (AvgIpc) is 3.15. The summed E-state index contributed by atoms with van der Waals surface area (Å²) < 4.78 is 5.74. The van der Waals surface area contributed by atoms with E-state index in [4.69, 9.17) is 17.0 Å². The minimum atomic E-state index is -1.18. The molecule has 2 N–H and O–H groups in total. The Morgan fingerprint density at radius 3 is 2.31 bits per heavy atom. The molecule has 1 amide bonds. The van der Waals surface area contributed by atoms with Crippen molar-refractivity contribution in [1.29, 1.82) is 0 Å². The smallest absolute Gasteiger partial charge is 0.327 e. The minimum Gasteiger partial charge on any atom is -0.508 e. The molecule has 1 fully saturated rings. The number of thiocarbonyl (C=S) groups is 1. The topological polar surface area (TPSA) is 104 Å². The van der Waals surface area contributed by atoms with Gasteiger partial charge in [0.15, 0.2) is 12.4 Å². The SMILES string of the molecule is O=C(COc1ccc(/C=C2\SC(=S)N([C@@H](Cc3ccc(O)cc3)C(=O)O)C2=O)cc1)c1ccccc1. The van der Waals surface area contributed by atoms with Crippen molar-refractivity contribution < 1.29 is 29.3 Å². The van der Waals surface area contributed by atoms with Crippen molar-refractivity contribution in [3.05, 3.63) is 100 Å². The quantitative estimate of drug-likeness (QED) is 0.241. The Morgan fingerprint density at radius 1 is 1.00 bits per heavy atom. The summed E-state index contributed by atoms with van der Waals surface area (Å²) in [5.74, 6) is -1.22. The number of ether oxygens (including phenoxy) is 1. The third kappa shape index (κ3) is 5.99. The predicted octanol–water partition coefficient (Wildman–Crippen LogP) is 4.55. The average molecular weight is 520 g/mol. The Bertz CT molecular complexity index is 1320. The van der Waals surface area contributed by atoms with Gasteiger partial charge in [-0.15, -0.1) is 0 Å². The fourth-order valence-electron chi connectivity index (χ4n) is 3.56. The van der Waals surface area contributed by atoms with Crippen molar-refractivity contribution in [2.24, 2.45) is 0 Å². The fraction of sp³-hybridized carbons (Fsp3) is 0.111. The van der Waals surface area contributed by atoms with Crippen LogP contribution in [0.15, 0.2) is 83.8 Å². The Hall–Kier alpha value is -3.95. The number of carbonyl (C=O) groups is 3. The van der Waals surface area contributed by atoms with Crippen molar-refractivity contribution in [3.63, 3.8) is 0 Å². The lowest BCUT2D eigenvalue weighted by molar-refractivity contribution is -0.145. The number of phenols is 1. The number of hydrogen-bond donors (Lipinski definition) is 2. The zero-order valence-corrected chi connectivity index (χ0v) is 20.5. The van der Waals surface area contributed by atoms with Gasteiger partial charge in [0.2, 0.25) is 0 Å². The number of carbonyl (C=O) groups excluding carboxylic acids is 2. The van der Waals surface area contributed by atoms with E-state index < -0.39 is 17.9 Å². The van der Waals surface area contributed by atoms with Crippen LogP contribution in [0, 0.1) is 0 Å². The van der Waals surface area contributed by atoms with Gasteiger partial charge in [-0.3, -0.25) is 14.5 Å². The van der Waals surface area contributed by atoms with Crippen LogP contribution in [0.1, 0.15) is 21.5 Å². The molecule has 0 aromatic heterocycles. The molecule has 4 rings (SSSR count). The van der Waals surface area contributed by atoms with Crippen LogP contribution < -0.4 is 4.74 Å². The van der Waals surface area contributed by atoms with Gasteiger partial charge in [-0.1, -0.05) is 78.6 Å². The summed E-state index contributed by atoms with van der Waals surface area (Å²) >= 11 is 6.38. The molecular formula is C27H21NO6S2. The number of carboxylic acid groups (broad SMARTS) is 1. The number of ketones is 1. The third-order valence-corrected chi connectivity index (χ3v) is 6.76. The van der Waals surface area contributed by atoms with Crippen molar-refractivity contribution in [1.82, 2.24) is 4.90 Å². The monoisotopic (exact) mass is 519 g/mol. The van der Waals surface area contributed by atoms with Crippen molar-refractivity contribution in [2.45, 2.75) is 12.5 Å². The van der Waals surface area contributed by atoms with Crippen LogP contribution in [0.2, 0.25) is 0 Å². The van der Waals surface area contributed by atoms with Gasteiger partial charge in [0.25, 0.3) is 5.91 Å². The number of rotatable bonds is 9. The molecule has 0 radical (unpaired) electrons. The second kappa shape index (κ2) is 11.2. The first-order valence-electron chi connectivity index (χ1n) is 10.9. The number of carboxylic acids is 1. The Kier molecular flexibility index (Phi) is 7.82. The van der Waals surface area contributed by atoms with E-state index in [0.29, 0.717) is 27.3 Å². The van der Waals surface area contributed by atoms with Gasteiger partial charge in [-0.25, -0.2) is 4.79 Å². The Labute approximate surface area is 217 Å². The highest BCUT2D eigenvalue weighted by molar-refractivity contribution is 8.26. The molecule has 7 nitrogen and oxygen atoms in total. The number of hydrogen-bond acceptors (Lipinski definition) is 7. The summed E-state index contributed by atoms with van der Waals surface area (Å²) in [4.78, 5) is 38.7. The van der Waals surface area contributed by atoms with Crippen LogP contribution in [0.3, 0.4) is 0 Å². The maximum absolute atomic E-state index is 13.1. The summed E-state index contributed by atoms with van der Waals surface area (Å²) in [5, 5.41) is 19.2. The molecule has 182 valence electrons. The van der Waals surface area contributed by atoms with Gasteiger partial charge in [-0.2, -0.15) is 0 Å². The molecule has 9 heteroatoms. The second-order valence-electron chi connectivity index (χ2n) is 7.92. The number of amides is 1. The highest BCUT2D eigenvalue weighted by atomic mass is 32.2. The highest BCUT2D eigenvalue weighted by Crippen LogP contribution is 2.35. The van der Waals surface area contributed by atoms with Crippen molar-refractivity contribution in [3.8, 4) is 11.5 Å². The van der Waals surface area contributed by atoms with Gasteiger partial charge in [-0.05, 0) is 41.5 Å². The van der Waals surface area contributed by atoms with E-state index in [2.05, 4.69) is 0 Å². The molecule has 0 bridgehead atoms. The van der Waals surface area contributed by atoms with Gasteiger partial charge < -0.3 is 14.9 Å². The number of phenolic OH excluding ortho intramolecular Hbond substituents is 1. The number of thioether (sulfide) groups is 1. The Balaban J connectivity index is 1.43. The molecule has 3 aromatic rings. The van der Waals surface area contributed by atoms with Crippen LogP contribution in [0.4, 0.5) is 0 Å². The maximum atomic E-state index is 13.1. The first kappa shape index (κ1) is 25.2.